The molecule has 0 rings (SSSR count). The monoisotopic (exact) mass is 1440 g/mol. The van der Waals surface area contributed by atoms with Gasteiger partial charge in [0.25, 0.3) is 0 Å². The van der Waals surface area contributed by atoms with Crippen molar-refractivity contribution in [3.8, 4) is 0 Å². The largest absolute Gasteiger partial charge is 0.460 e. The van der Waals surface area contributed by atoms with E-state index in [1.54, 1.807) is 187 Å². The molecule has 0 aromatic heterocycles. The maximum Gasteiger partial charge on any atom is 0.306 e. The first-order valence-electron chi connectivity index (χ1n) is 36.3. The number of amides is 2. The Balaban J connectivity index is 8.47. The zero-order valence-electron chi connectivity index (χ0n) is 67.8. The molecular weight excluding hydrogens is 1300 g/mol. The highest BCUT2D eigenvalue weighted by atomic mass is 16.6. The van der Waals surface area contributed by atoms with Gasteiger partial charge in [0, 0.05) is 94.5 Å². The topological polar surface area (TPSA) is 312 Å². The van der Waals surface area contributed by atoms with Crippen LogP contribution in [-0.2, 0) is 100 Å². The number of hydrogen-bond acceptors (Lipinski definition) is 21. The summed E-state index contributed by atoms with van der Waals surface area (Å²) >= 11 is 0. The quantitative estimate of drug-likeness (QED) is 0.0425. The van der Waals surface area contributed by atoms with Crippen LogP contribution >= 0.6 is 0 Å². The number of Topliss-reactive ketones (excluding diaryl/α,β-unsaturated/α-hetero) is 1. The van der Waals surface area contributed by atoms with E-state index in [-0.39, 0.29) is 166 Å². The van der Waals surface area contributed by atoms with Crippen molar-refractivity contribution < 1.29 is 100 Å². The lowest BCUT2D eigenvalue weighted by Gasteiger charge is -2.37. The Kier molecular flexibility index (Phi) is 36.7. The summed E-state index contributed by atoms with van der Waals surface area (Å²) in [5, 5.41) is 6.27. The minimum atomic E-state index is -1.41. The number of carbonyl (C=O) groups is 12. The Hall–Kier alpha value is -6.16. The van der Waals surface area contributed by atoms with E-state index >= 15 is 14.4 Å². The van der Waals surface area contributed by atoms with Crippen LogP contribution in [0.5, 0.6) is 0 Å². The molecule has 2 N–H and O–H groups in total. The van der Waals surface area contributed by atoms with Crippen molar-refractivity contribution in [1.82, 2.24) is 10.6 Å². The minimum Gasteiger partial charge on any atom is -0.460 e. The zero-order chi connectivity index (χ0) is 78.9. The third-order valence-electron chi connectivity index (χ3n) is 15.5. The molecule has 584 valence electrons. The van der Waals surface area contributed by atoms with E-state index in [4.69, 9.17) is 42.6 Å². The van der Waals surface area contributed by atoms with Crippen molar-refractivity contribution in [2.75, 3.05) is 0 Å². The molecule has 2 amide bonds. The predicted molar refractivity (Wildman–Crippen MR) is 385 cm³/mol. The molecule has 0 fully saturated rings. The van der Waals surface area contributed by atoms with Crippen LogP contribution in [0.4, 0.5) is 0 Å². The van der Waals surface area contributed by atoms with Crippen molar-refractivity contribution in [3.05, 3.63) is 0 Å². The van der Waals surface area contributed by atoms with Gasteiger partial charge in [0.15, 0.2) is 0 Å². The van der Waals surface area contributed by atoms with Gasteiger partial charge in [-0.05, 0) is 275 Å². The molecule has 0 aliphatic carbocycles. The molecule has 0 saturated heterocycles. The molecular formula is C78H136N2O21. The van der Waals surface area contributed by atoms with Gasteiger partial charge in [0.05, 0.1) is 0 Å². The van der Waals surface area contributed by atoms with Crippen LogP contribution in [0.25, 0.3) is 0 Å². The van der Waals surface area contributed by atoms with Gasteiger partial charge in [0.2, 0.25) is 11.8 Å². The molecule has 0 saturated carbocycles. The number of esters is 9. The maximum atomic E-state index is 15.1. The summed E-state index contributed by atoms with van der Waals surface area (Å²) < 4.78 is 51.3. The van der Waals surface area contributed by atoms with E-state index in [1.165, 1.54) is 0 Å². The lowest BCUT2D eigenvalue weighted by atomic mass is 9.70. The number of ether oxygens (including phenoxy) is 9. The highest BCUT2D eigenvalue weighted by Crippen LogP contribution is 2.43. The van der Waals surface area contributed by atoms with E-state index in [1.807, 2.05) is 6.92 Å². The van der Waals surface area contributed by atoms with Crippen LogP contribution in [0.1, 0.15) is 354 Å². The molecule has 0 aromatic carbocycles. The average Bonchev–Trinajstić information content (AvgIpc) is 0.842. The lowest BCUT2D eigenvalue weighted by molar-refractivity contribution is -0.159. The Morgan fingerprint density at radius 2 is 0.366 bits per heavy atom. The molecule has 0 aliphatic heterocycles. The Labute approximate surface area is 606 Å². The normalized spacial score (nSPS) is 13.2. The summed E-state index contributed by atoms with van der Waals surface area (Å²) in [6, 6.07) is 0. The van der Waals surface area contributed by atoms with Crippen LogP contribution in [-0.4, -0.2) is 133 Å². The van der Waals surface area contributed by atoms with Gasteiger partial charge in [-0.2, -0.15) is 0 Å². The minimum absolute atomic E-state index is 0.0157. The number of carbonyl (C=O) groups excluding carboxylic acids is 12. The summed E-state index contributed by atoms with van der Waals surface area (Å²) in [7, 11) is 0. The third kappa shape index (κ3) is 50.0. The van der Waals surface area contributed by atoms with Crippen molar-refractivity contribution in [1.29, 1.82) is 0 Å². The van der Waals surface area contributed by atoms with E-state index in [0.29, 0.717) is 0 Å². The second-order valence-electron chi connectivity index (χ2n) is 37.0. The van der Waals surface area contributed by atoms with Gasteiger partial charge in [0.1, 0.15) is 56.2 Å². The summed E-state index contributed by atoms with van der Waals surface area (Å²) in [5.41, 5.74) is -12.9. The van der Waals surface area contributed by atoms with E-state index in [9.17, 15) is 43.2 Å². The first-order chi connectivity index (χ1) is 45.2. The van der Waals surface area contributed by atoms with Crippen molar-refractivity contribution in [3.63, 3.8) is 0 Å². The van der Waals surface area contributed by atoms with Crippen molar-refractivity contribution >= 4 is 71.3 Å². The van der Waals surface area contributed by atoms with Gasteiger partial charge in [-0.1, -0.05) is 6.92 Å². The van der Waals surface area contributed by atoms with Crippen LogP contribution in [0, 0.1) is 10.8 Å². The molecule has 23 heteroatoms. The molecule has 0 aromatic rings. The van der Waals surface area contributed by atoms with Gasteiger partial charge < -0.3 is 53.3 Å². The smallest absolute Gasteiger partial charge is 0.306 e. The number of ketones is 1. The molecule has 0 heterocycles. The summed E-state index contributed by atoms with van der Waals surface area (Å²) in [6.07, 6.45) is -2.97. The molecule has 23 nitrogen and oxygen atoms in total. The second kappa shape index (κ2) is 39.1. The van der Waals surface area contributed by atoms with Crippen molar-refractivity contribution in [2.24, 2.45) is 10.8 Å². The fourth-order valence-corrected chi connectivity index (χ4v) is 11.3. The standard InChI is InChI=1S/C78H136N2O21/c1-66(2,3)93-57(84)32-44-76(45-33-58(85)94-67(4,5)6,46-34-59(86)95-68(7,8)9)53-54(81)29-41-75(28,42-30-55(82)79-77(47-35-60(87)96-69(10,11)12,48-36-61(88)97-70(13,14)15)49-37-62(89)98-71(16,17)18)43-31-56(83)80-78(50-38-63(90)99-72(19,20)21,51-39-64(91)100-73(22,23)24)52-40-65(92)101-74(25,26)27/h29-53H2,1-28H3,(H,79,82)(H,80,83). The number of hydrogen-bond donors (Lipinski definition) is 2. The van der Waals surface area contributed by atoms with Gasteiger partial charge in [-0.3, -0.25) is 57.5 Å². The summed E-state index contributed by atoms with van der Waals surface area (Å²) in [4.78, 5) is 167. The third-order valence-corrected chi connectivity index (χ3v) is 15.5. The molecule has 0 spiro atoms. The Morgan fingerprint density at radius 1 is 0.208 bits per heavy atom. The molecule has 0 aliphatic rings. The first-order valence-corrected chi connectivity index (χ1v) is 36.3. The zero-order valence-corrected chi connectivity index (χ0v) is 67.8. The highest BCUT2D eigenvalue weighted by Gasteiger charge is 2.41. The number of rotatable bonds is 40. The fraction of sp³-hybridized carbons (Fsp3) is 0.846. The lowest BCUT2D eigenvalue weighted by Crippen LogP contribution is -2.50. The maximum absolute atomic E-state index is 15.1. The SMILES string of the molecule is CC(CCC(=O)CC(CCC(=O)OC(C)(C)C)(CCC(=O)OC(C)(C)C)CCC(=O)OC(C)(C)C)(CCC(=O)NC(CCC(=O)OC(C)(C)C)(CCC(=O)OC(C)(C)C)CCC(=O)OC(C)(C)C)CCC(=O)NC(CCC(=O)OC(C)(C)C)(CCC(=O)OC(C)(C)C)CCC(=O)OC(C)(C)C. The van der Waals surface area contributed by atoms with Crippen molar-refractivity contribution in [2.45, 2.75) is 416 Å². The fourth-order valence-electron chi connectivity index (χ4n) is 11.3. The van der Waals surface area contributed by atoms with Crippen LogP contribution in [0.3, 0.4) is 0 Å². The van der Waals surface area contributed by atoms with Gasteiger partial charge in [-0.15, -0.1) is 0 Å². The Bertz CT molecular complexity index is 2220. The van der Waals surface area contributed by atoms with E-state index in [0.717, 1.165) is 0 Å². The van der Waals surface area contributed by atoms with Crippen LogP contribution in [0.2, 0.25) is 0 Å². The second-order valence-corrected chi connectivity index (χ2v) is 37.0. The number of nitrogens with one attached hydrogen (secondary N) is 2. The van der Waals surface area contributed by atoms with Crippen LogP contribution < -0.4 is 10.6 Å². The molecule has 0 atom stereocenters. The molecule has 0 unspecified atom stereocenters. The van der Waals surface area contributed by atoms with Gasteiger partial charge in [-0.25, -0.2) is 0 Å². The van der Waals surface area contributed by atoms with Crippen LogP contribution in [0.15, 0.2) is 0 Å². The Morgan fingerprint density at radius 3 is 0.535 bits per heavy atom. The van der Waals surface area contributed by atoms with Gasteiger partial charge >= 0.3 is 53.7 Å². The average molecular weight is 1440 g/mol. The molecule has 0 bridgehead atoms. The molecule has 101 heavy (non-hydrogen) atoms. The predicted octanol–water partition coefficient (Wildman–Crippen LogP) is 15.1. The summed E-state index contributed by atoms with van der Waals surface area (Å²) in [6.45, 7) is 48.2. The summed E-state index contributed by atoms with van der Waals surface area (Å²) in [5.74, 6) is -6.63. The van der Waals surface area contributed by atoms with E-state index < -0.39 is 138 Å². The van der Waals surface area contributed by atoms with E-state index in [2.05, 4.69) is 10.6 Å². The highest BCUT2D eigenvalue weighted by molar-refractivity contribution is 5.81. The molecule has 0 radical (unpaired) electrons. The first kappa shape index (κ1) is 94.8.